The number of unbranched alkanes of at least 4 members (excludes halogenated alkanes) is 1. The van der Waals surface area contributed by atoms with Gasteiger partial charge in [0.25, 0.3) is 0 Å². The van der Waals surface area contributed by atoms with Crippen LogP contribution < -0.4 is 0 Å². The van der Waals surface area contributed by atoms with Crippen molar-refractivity contribution in [2.45, 2.75) is 93.9 Å². The van der Waals surface area contributed by atoms with E-state index in [0.29, 0.717) is 5.92 Å². The molecule has 31 heavy (non-hydrogen) atoms. The van der Waals surface area contributed by atoms with Crippen LogP contribution in [0.25, 0.3) is 16.7 Å². The van der Waals surface area contributed by atoms with Crippen molar-refractivity contribution < 1.29 is 0 Å². The van der Waals surface area contributed by atoms with Gasteiger partial charge in [0, 0.05) is 0 Å². The van der Waals surface area contributed by atoms with Gasteiger partial charge in [-0.05, 0) is 71.4 Å². The van der Waals surface area contributed by atoms with Gasteiger partial charge < -0.3 is 0 Å². The number of aromatic nitrogens is 3. The third-order valence-corrected chi connectivity index (χ3v) is 5.73. The third-order valence-electron chi connectivity index (χ3n) is 5.73. The lowest BCUT2D eigenvalue weighted by Crippen LogP contribution is -2.23. The average Bonchev–Trinajstić information content (AvgIpc) is 3.14. The zero-order valence-electron chi connectivity index (χ0n) is 21.3. The molecule has 0 saturated heterocycles. The first kappa shape index (κ1) is 25.1. The molecule has 170 valence electrons. The van der Waals surface area contributed by atoms with Crippen LogP contribution in [0.2, 0.25) is 0 Å². The zero-order valence-corrected chi connectivity index (χ0v) is 21.3. The SMILES string of the molecule is CC.CCCCc1ccc(-n2nnc3cc(C(CC(C)(C)C)C(C)(C)C)ccc32)cc1. The molecule has 0 radical (unpaired) electrons. The summed E-state index contributed by atoms with van der Waals surface area (Å²) in [5, 5.41) is 8.96. The topological polar surface area (TPSA) is 30.7 Å². The Bertz CT molecular complexity index is 937. The van der Waals surface area contributed by atoms with Crippen molar-refractivity contribution in [3.05, 3.63) is 53.6 Å². The predicted molar refractivity (Wildman–Crippen MR) is 135 cm³/mol. The summed E-state index contributed by atoms with van der Waals surface area (Å²) in [4.78, 5) is 0. The Morgan fingerprint density at radius 3 is 2.10 bits per heavy atom. The highest BCUT2D eigenvalue weighted by Gasteiger charge is 2.30. The number of hydrogen-bond donors (Lipinski definition) is 0. The van der Waals surface area contributed by atoms with Crippen LogP contribution in [0.15, 0.2) is 42.5 Å². The summed E-state index contributed by atoms with van der Waals surface area (Å²) in [6.45, 7) is 20.2. The number of rotatable bonds is 6. The van der Waals surface area contributed by atoms with Crippen molar-refractivity contribution in [1.29, 1.82) is 0 Å². The molecular formula is C28H43N3. The molecule has 0 N–H and O–H groups in total. The van der Waals surface area contributed by atoms with E-state index in [9.17, 15) is 0 Å². The number of fused-ring (bicyclic) bond motifs is 1. The van der Waals surface area contributed by atoms with Gasteiger partial charge in [-0.15, -0.1) is 5.10 Å². The van der Waals surface area contributed by atoms with Gasteiger partial charge in [0.05, 0.1) is 11.2 Å². The van der Waals surface area contributed by atoms with E-state index < -0.39 is 0 Å². The van der Waals surface area contributed by atoms with E-state index >= 15 is 0 Å². The van der Waals surface area contributed by atoms with E-state index in [1.165, 1.54) is 24.0 Å². The molecule has 0 aliphatic rings. The van der Waals surface area contributed by atoms with Gasteiger partial charge in [0.2, 0.25) is 0 Å². The maximum absolute atomic E-state index is 4.50. The molecule has 0 bridgehead atoms. The Balaban J connectivity index is 0.00000166. The minimum absolute atomic E-state index is 0.200. The van der Waals surface area contributed by atoms with E-state index in [-0.39, 0.29) is 10.8 Å². The van der Waals surface area contributed by atoms with Gasteiger partial charge in [-0.3, -0.25) is 0 Å². The minimum atomic E-state index is 0.200. The summed E-state index contributed by atoms with van der Waals surface area (Å²) in [6, 6.07) is 15.5. The standard InChI is InChI=1S/C26H37N3.C2H6/c1-8-9-10-19-11-14-21(15-12-19)29-24-16-13-20(17-23(24)27-28-29)22(26(5,6)7)18-25(2,3)4;1-2/h11-17,22H,8-10,18H2,1-7H3;1-2H3. The lowest BCUT2D eigenvalue weighted by molar-refractivity contribution is 0.229. The molecule has 0 amide bonds. The summed E-state index contributed by atoms with van der Waals surface area (Å²) in [7, 11) is 0. The number of hydrogen-bond acceptors (Lipinski definition) is 2. The summed E-state index contributed by atoms with van der Waals surface area (Å²) in [5.74, 6) is 0.481. The first-order valence-corrected chi connectivity index (χ1v) is 12.0. The first-order valence-electron chi connectivity index (χ1n) is 12.0. The molecule has 0 spiro atoms. The fourth-order valence-corrected chi connectivity index (χ4v) is 4.07. The maximum atomic E-state index is 4.50. The first-order chi connectivity index (χ1) is 14.6. The van der Waals surface area contributed by atoms with Crippen molar-refractivity contribution in [2.24, 2.45) is 10.8 Å². The van der Waals surface area contributed by atoms with Crippen LogP contribution in [0.1, 0.15) is 98.6 Å². The monoisotopic (exact) mass is 421 g/mol. The molecule has 3 heteroatoms. The van der Waals surface area contributed by atoms with Crippen LogP contribution >= 0.6 is 0 Å². The second-order valence-corrected chi connectivity index (χ2v) is 10.7. The fourth-order valence-electron chi connectivity index (χ4n) is 4.07. The molecule has 1 atom stereocenters. The van der Waals surface area contributed by atoms with Crippen LogP contribution in [0.4, 0.5) is 0 Å². The second-order valence-electron chi connectivity index (χ2n) is 10.7. The van der Waals surface area contributed by atoms with E-state index in [4.69, 9.17) is 0 Å². The number of nitrogens with zero attached hydrogens (tertiary/aromatic N) is 3. The van der Waals surface area contributed by atoms with Crippen molar-refractivity contribution in [3.63, 3.8) is 0 Å². The second kappa shape index (κ2) is 10.4. The van der Waals surface area contributed by atoms with Crippen molar-refractivity contribution in [3.8, 4) is 5.69 Å². The Kier molecular flexibility index (Phi) is 8.45. The molecule has 0 aliphatic heterocycles. The molecule has 3 aromatic rings. The van der Waals surface area contributed by atoms with Crippen LogP contribution in [-0.4, -0.2) is 15.0 Å². The van der Waals surface area contributed by atoms with Crippen LogP contribution in [0.5, 0.6) is 0 Å². The quantitative estimate of drug-likeness (QED) is 0.400. The molecule has 0 fully saturated rings. The minimum Gasteiger partial charge on any atom is -0.213 e. The van der Waals surface area contributed by atoms with Gasteiger partial charge >= 0.3 is 0 Å². The molecule has 3 rings (SSSR count). The van der Waals surface area contributed by atoms with Crippen molar-refractivity contribution >= 4 is 11.0 Å². The Morgan fingerprint density at radius 2 is 1.55 bits per heavy atom. The summed E-state index contributed by atoms with van der Waals surface area (Å²) < 4.78 is 1.96. The van der Waals surface area contributed by atoms with Crippen LogP contribution in [0.3, 0.4) is 0 Å². The lowest BCUT2D eigenvalue weighted by Gasteiger charge is -2.36. The molecule has 1 unspecified atom stereocenters. The predicted octanol–water partition coefficient (Wildman–Crippen LogP) is 8.36. The summed E-state index contributed by atoms with van der Waals surface area (Å²) in [6.07, 6.45) is 4.75. The van der Waals surface area contributed by atoms with E-state index in [0.717, 1.165) is 29.6 Å². The smallest absolute Gasteiger partial charge is 0.113 e. The highest BCUT2D eigenvalue weighted by atomic mass is 15.4. The highest BCUT2D eigenvalue weighted by molar-refractivity contribution is 5.77. The molecular weight excluding hydrogens is 378 g/mol. The normalized spacial score (nSPS) is 13.1. The van der Waals surface area contributed by atoms with Gasteiger partial charge in [-0.25, -0.2) is 4.68 Å². The van der Waals surface area contributed by atoms with E-state index in [1.807, 2.05) is 18.5 Å². The largest absolute Gasteiger partial charge is 0.213 e. The van der Waals surface area contributed by atoms with Gasteiger partial charge in [0.1, 0.15) is 5.52 Å². The average molecular weight is 422 g/mol. The molecule has 1 heterocycles. The van der Waals surface area contributed by atoms with Gasteiger partial charge in [0.15, 0.2) is 0 Å². The molecule has 0 aliphatic carbocycles. The van der Waals surface area contributed by atoms with E-state index in [1.54, 1.807) is 0 Å². The van der Waals surface area contributed by atoms with Gasteiger partial charge in [-0.1, -0.05) is 92.1 Å². The van der Waals surface area contributed by atoms with Crippen LogP contribution in [0, 0.1) is 10.8 Å². The maximum Gasteiger partial charge on any atom is 0.113 e. The molecule has 3 nitrogen and oxygen atoms in total. The highest BCUT2D eigenvalue weighted by Crippen LogP contribution is 2.43. The van der Waals surface area contributed by atoms with Crippen molar-refractivity contribution in [2.75, 3.05) is 0 Å². The summed E-state index contributed by atoms with van der Waals surface area (Å²) >= 11 is 0. The number of benzene rings is 2. The van der Waals surface area contributed by atoms with Crippen LogP contribution in [-0.2, 0) is 6.42 Å². The molecule has 2 aromatic carbocycles. The molecule has 1 aromatic heterocycles. The lowest BCUT2D eigenvalue weighted by atomic mass is 9.69. The summed E-state index contributed by atoms with van der Waals surface area (Å²) in [5.41, 5.74) is 6.34. The Hall–Kier alpha value is -2.16. The molecule has 0 saturated carbocycles. The number of aryl methyl sites for hydroxylation is 1. The zero-order chi connectivity index (χ0) is 23.2. The fraction of sp³-hybridized carbons (Fsp3) is 0.571. The van der Waals surface area contributed by atoms with Crippen molar-refractivity contribution in [1.82, 2.24) is 15.0 Å². The Morgan fingerprint density at radius 1 is 0.903 bits per heavy atom. The third kappa shape index (κ3) is 6.66. The van der Waals surface area contributed by atoms with E-state index in [2.05, 4.69) is 101 Å². The Labute approximate surface area is 190 Å². The van der Waals surface area contributed by atoms with Gasteiger partial charge in [-0.2, -0.15) is 0 Å².